The van der Waals surface area contributed by atoms with Gasteiger partial charge in [-0.15, -0.1) is 0 Å². The van der Waals surface area contributed by atoms with Crippen LogP contribution in [0.3, 0.4) is 0 Å². The Labute approximate surface area is 597 Å². The van der Waals surface area contributed by atoms with Gasteiger partial charge in [0.05, 0.1) is 46.2 Å². The molecule has 104 heavy (non-hydrogen) atoms. The Bertz CT molecular complexity index is 5290. The van der Waals surface area contributed by atoms with Gasteiger partial charge < -0.3 is 45.7 Å². The summed E-state index contributed by atoms with van der Waals surface area (Å²) in [5, 5.41) is 74.9. The lowest BCUT2D eigenvalue weighted by Gasteiger charge is -2.14. The van der Waals surface area contributed by atoms with Crippen molar-refractivity contribution in [2.75, 3.05) is 0 Å². The van der Waals surface area contributed by atoms with E-state index in [4.69, 9.17) is 29.9 Å². The Morgan fingerprint density at radius 3 is 0.529 bits per heavy atom. The average Bonchev–Trinajstić information content (AvgIpc) is 1.57. The number of aliphatic hydroxyl groups excluding tert-OH is 7. The number of hydrogen-bond donors (Lipinski definition) is 9. The summed E-state index contributed by atoms with van der Waals surface area (Å²) in [7, 11) is 0. The lowest BCUT2D eigenvalue weighted by Crippen LogP contribution is -1.92. The van der Waals surface area contributed by atoms with Gasteiger partial charge in [-0.05, 0) is 188 Å². The second-order valence-electron chi connectivity index (χ2n) is 26.4. The van der Waals surface area contributed by atoms with Crippen LogP contribution in [0.15, 0.2) is 243 Å². The number of aromatic nitrogens is 8. The van der Waals surface area contributed by atoms with E-state index in [2.05, 4.69) is 89.7 Å². The average molecular weight is 1360 g/mol. The molecule has 506 valence electrons. The van der Waals surface area contributed by atoms with E-state index in [-0.39, 0.29) is 46.2 Å². The first-order valence-corrected chi connectivity index (χ1v) is 34.6. The van der Waals surface area contributed by atoms with Gasteiger partial charge >= 0.3 is 0 Å². The molecule has 17 rings (SSSR count). The first-order chi connectivity index (χ1) is 51.1. The molecule has 5 heterocycles. The number of benzene rings is 12. The molecule has 0 saturated heterocycles. The number of nitrogens with zero attached hydrogens (tertiary/aromatic N) is 6. The topological polar surface area (TPSA) is 251 Å². The normalized spacial score (nSPS) is 11.8. The van der Waals surface area contributed by atoms with E-state index in [0.717, 1.165) is 145 Å². The minimum atomic E-state index is -0.129. The van der Waals surface area contributed by atoms with Crippen molar-refractivity contribution < 1.29 is 35.7 Å². The standard InChI is InChI=1S/C89H68N8O7/c1-2-50-3-19-58(20-4-50)66-35-74-75(36-67(66)59-21-5-51(43-98)6-22-59)83-90-82(74)91-84-76-37-68(60-23-7-52(44-99)8-24-60)69(61-25-9-53(45-100)10-26-61)38-77(76)86(93-84)95-88-80-41-72(64-31-15-56(48-103)16-32-64)73(65-33-17-57(49-104)18-34-65)42-81(80)89(97-88)96-87-79-40-71(63-29-13-55(47-102)14-30-63)70(39-78(79)85(92-83)94-87)62-27-11-54(46-101)12-28-62/h3-42,98-104H,2,43-49H2,1H3,(H2,90,91,92,93,94,95,96,97). The van der Waals surface area contributed by atoms with Crippen LogP contribution in [0.5, 0.6) is 0 Å². The van der Waals surface area contributed by atoms with Crippen molar-refractivity contribution in [2.45, 2.75) is 59.6 Å². The zero-order valence-electron chi connectivity index (χ0n) is 56.6. The molecule has 0 amide bonds. The molecule has 0 saturated carbocycles. The summed E-state index contributed by atoms with van der Waals surface area (Å²) in [6, 6.07) is 80.7. The molecule has 15 nitrogen and oxygen atoms in total. The van der Waals surface area contributed by atoms with Crippen LogP contribution < -0.4 is 0 Å². The summed E-state index contributed by atoms with van der Waals surface area (Å²) in [5.41, 5.74) is 25.3. The van der Waals surface area contributed by atoms with Crippen LogP contribution in [-0.4, -0.2) is 75.6 Å². The van der Waals surface area contributed by atoms with Gasteiger partial charge in [-0.3, -0.25) is 0 Å². The summed E-state index contributed by atoms with van der Waals surface area (Å²) in [6.07, 6.45) is 0.865. The van der Waals surface area contributed by atoms with Gasteiger partial charge in [0.25, 0.3) is 0 Å². The summed E-state index contributed by atoms with van der Waals surface area (Å²) in [6.45, 7) is 1.27. The monoisotopic (exact) mass is 1360 g/mol. The Balaban J connectivity index is 1.04. The molecule has 2 aliphatic rings. The third kappa shape index (κ3) is 11.9. The molecule has 0 unspecified atom stereocenters. The number of nitrogens with one attached hydrogen (secondary N) is 2. The highest BCUT2D eigenvalue weighted by Gasteiger charge is 2.28. The maximum atomic E-state index is 10.3. The summed E-state index contributed by atoms with van der Waals surface area (Å²) in [4.78, 5) is 41.3. The second kappa shape index (κ2) is 27.2. The van der Waals surface area contributed by atoms with Crippen molar-refractivity contribution in [1.29, 1.82) is 0 Å². The SMILES string of the molecule is CCc1ccc(-c2cc3c4nc5nc(nc6[nH]c(nc7nc(nc([nH]4)c3cc2-c2ccc(CO)cc2)-c2cc(-c3ccc(CO)cc3)c(-c3ccc(CO)cc3)cc2-7)c2cc(-c3ccc(CO)cc3)c(-c3ccc(CO)cc3)cc62)-c2cc(-c3ccc(CO)cc3)c(-c3ccc(CO)cc3)cc2-5)cc1. The van der Waals surface area contributed by atoms with E-state index < -0.39 is 0 Å². The quantitative estimate of drug-likeness (QED) is 0.0437. The van der Waals surface area contributed by atoms with E-state index in [1.807, 2.05) is 170 Å². The highest BCUT2D eigenvalue weighted by Crippen LogP contribution is 2.48. The number of fused-ring (bicyclic) bond motifs is 20. The Kier molecular flexibility index (Phi) is 17.0. The van der Waals surface area contributed by atoms with Gasteiger partial charge in [0.2, 0.25) is 0 Å². The van der Waals surface area contributed by atoms with Crippen molar-refractivity contribution in [1.82, 2.24) is 39.9 Å². The van der Waals surface area contributed by atoms with Crippen molar-refractivity contribution >= 4 is 44.1 Å². The molecule has 0 aliphatic carbocycles. The van der Waals surface area contributed by atoms with E-state index >= 15 is 0 Å². The number of aliphatic hydroxyl groups is 7. The third-order valence-corrected chi connectivity index (χ3v) is 20.2. The smallest absolute Gasteiger partial charge is 0.164 e. The lowest BCUT2D eigenvalue weighted by atomic mass is 9.89. The van der Waals surface area contributed by atoms with Crippen LogP contribution in [-0.2, 0) is 52.7 Å². The zero-order chi connectivity index (χ0) is 70.7. The minimum absolute atomic E-state index is 0.111. The summed E-state index contributed by atoms with van der Waals surface area (Å²) >= 11 is 0. The number of rotatable bonds is 16. The zero-order valence-corrected chi connectivity index (χ0v) is 56.6. The highest BCUT2D eigenvalue weighted by molar-refractivity contribution is 6.12. The molecule has 8 bridgehead atoms. The second-order valence-corrected chi connectivity index (χ2v) is 26.4. The first-order valence-electron chi connectivity index (χ1n) is 34.6. The Morgan fingerprint density at radius 2 is 0.365 bits per heavy atom. The van der Waals surface area contributed by atoms with Crippen LogP contribution in [0, 0.1) is 0 Å². The molecule has 0 radical (unpaired) electrons. The molecule has 3 aromatic heterocycles. The predicted octanol–water partition coefficient (Wildman–Crippen LogP) is 17.2. The van der Waals surface area contributed by atoms with E-state index in [9.17, 15) is 35.7 Å². The number of aromatic amines is 2. The van der Waals surface area contributed by atoms with Crippen molar-refractivity contribution in [3.05, 3.63) is 287 Å². The minimum Gasteiger partial charge on any atom is -0.392 e. The van der Waals surface area contributed by atoms with Crippen molar-refractivity contribution in [3.8, 4) is 135 Å². The molecular weight excluding hydrogens is 1290 g/mol. The van der Waals surface area contributed by atoms with E-state index in [0.29, 0.717) is 78.9 Å². The Hall–Kier alpha value is -12.3. The molecule has 0 fully saturated rings. The van der Waals surface area contributed by atoms with Crippen LogP contribution in [0.4, 0.5) is 0 Å². The van der Waals surface area contributed by atoms with Crippen molar-refractivity contribution in [2.24, 2.45) is 0 Å². The first kappa shape index (κ1) is 65.1. The van der Waals surface area contributed by atoms with Crippen LogP contribution in [0.1, 0.15) is 51.4 Å². The van der Waals surface area contributed by atoms with Crippen LogP contribution in [0.2, 0.25) is 0 Å². The van der Waals surface area contributed by atoms with Crippen LogP contribution in [0.25, 0.3) is 179 Å². The summed E-state index contributed by atoms with van der Waals surface area (Å²) < 4.78 is 0. The van der Waals surface area contributed by atoms with Gasteiger partial charge in [-0.2, -0.15) is 0 Å². The molecule has 0 atom stereocenters. The largest absolute Gasteiger partial charge is 0.392 e. The molecular formula is C89H68N8O7. The third-order valence-electron chi connectivity index (χ3n) is 20.2. The molecule has 12 aromatic carbocycles. The fraction of sp³-hybridized carbons (Fsp3) is 0.101. The van der Waals surface area contributed by atoms with Crippen LogP contribution >= 0.6 is 0 Å². The van der Waals surface area contributed by atoms with Gasteiger partial charge in [0.15, 0.2) is 23.3 Å². The van der Waals surface area contributed by atoms with Gasteiger partial charge in [-0.1, -0.05) is 201 Å². The highest BCUT2D eigenvalue weighted by atomic mass is 16.3. The lowest BCUT2D eigenvalue weighted by molar-refractivity contribution is 0.281. The fourth-order valence-electron chi connectivity index (χ4n) is 14.3. The number of H-pyrrole nitrogens is 2. The molecule has 15 aromatic rings. The van der Waals surface area contributed by atoms with Gasteiger partial charge in [-0.25, -0.2) is 29.9 Å². The number of aryl methyl sites for hydroxylation is 1. The van der Waals surface area contributed by atoms with Crippen molar-refractivity contribution in [3.63, 3.8) is 0 Å². The fourth-order valence-corrected chi connectivity index (χ4v) is 14.3. The maximum Gasteiger partial charge on any atom is 0.164 e. The molecule has 15 heteroatoms. The molecule has 9 N–H and O–H groups in total. The maximum absolute atomic E-state index is 10.3. The number of hydrogen-bond acceptors (Lipinski definition) is 13. The molecule has 2 aliphatic heterocycles. The summed E-state index contributed by atoms with van der Waals surface area (Å²) in [5.74, 6) is 1.43. The van der Waals surface area contributed by atoms with Gasteiger partial charge in [0.1, 0.15) is 22.6 Å². The van der Waals surface area contributed by atoms with Gasteiger partial charge in [0, 0.05) is 43.8 Å². The Morgan fingerprint density at radius 1 is 0.202 bits per heavy atom. The van der Waals surface area contributed by atoms with E-state index in [1.165, 1.54) is 5.56 Å². The van der Waals surface area contributed by atoms with E-state index in [1.54, 1.807) is 0 Å². The predicted molar refractivity (Wildman–Crippen MR) is 410 cm³/mol. The molecule has 0 spiro atoms.